The lowest BCUT2D eigenvalue weighted by molar-refractivity contribution is 0.0189. The number of rotatable bonds is 6. The van der Waals surface area contributed by atoms with E-state index in [2.05, 4.69) is 6.92 Å². The highest BCUT2D eigenvalue weighted by atomic mass is 19.2. The number of carbonyl (C=O) groups excluding carboxylic acids is 1. The van der Waals surface area contributed by atoms with Crippen molar-refractivity contribution in [3.05, 3.63) is 64.5 Å². The summed E-state index contributed by atoms with van der Waals surface area (Å²) in [5.74, 6) is -1.84. The molecular formula is C28H33F3O3. The number of halogens is 3. The summed E-state index contributed by atoms with van der Waals surface area (Å²) in [7, 11) is 0. The molecule has 2 aromatic rings. The zero-order chi connectivity index (χ0) is 24.2. The van der Waals surface area contributed by atoms with Crippen LogP contribution < -0.4 is 4.74 Å². The smallest absolute Gasteiger partial charge is 0.341 e. The molecule has 2 aliphatic carbocycles. The Balaban J connectivity index is 1.35. The van der Waals surface area contributed by atoms with E-state index in [1.807, 2.05) is 0 Å². The van der Waals surface area contributed by atoms with E-state index in [4.69, 9.17) is 9.47 Å². The molecule has 2 aliphatic rings. The fourth-order valence-electron chi connectivity index (χ4n) is 5.41. The molecule has 2 fully saturated rings. The van der Waals surface area contributed by atoms with Gasteiger partial charge in [-0.2, -0.15) is 0 Å². The molecule has 0 N–H and O–H groups in total. The summed E-state index contributed by atoms with van der Waals surface area (Å²) in [6, 6.07) is 7.59. The van der Waals surface area contributed by atoms with Gasteiger partial charge in [0.05, 0.1) is 12.2 Å². The van der Waals surface area contributed by atoms with E-state index < -0.39 is 23.4 Å². The minimum Gasteiger partial charge on any atom is -0.494 e. The maximum absolute atomic E-state index is 15.0. The first kappa shape index (κ1) is 24.6. The standard InChI is InChI=1S/C28H33F3O3/c1-3-33-21-12-13-24(25(29)16-21)28(32)34-20-10-8-19(9-11-20)23-15-14-22(26(30)27(23)31)18-6-4-17(2)5-7-18/h12-20H,3-11H2,1-2H3. The molecule has 3 nitrogen and oxygen atoms in total. The summed E-state index contributed by atoms with van der Waals surface area (Å²) >= 11 is 0. The fraction of sp³-hybridized carbons (Fsp3) is 0.536. The van der Waals surface area contributed by atoms with Crippen LogP contribution in [0.25, 0.3) is 0 Å². The van der Waals surface area contributed by atoms with Crippen LogP contribution in [0, 0.1) is 23.4 Å². The Bertz CT molecular complexity index is 1010. The van der Waals surface area contributed by atoms with Crippen molar-refractivity contribution >= 4 is 5.97 Å². The van der Waals surface area contributed by atoms with Gasteiger partial charge in [0.15, 0.2) is 11.6 Å². The zero-order valence-electron chi connectivity index (χ0n) is 19.9. The largest absolute Gasteiger partial charge is 0.494 e. The minimum atomic E-state index is -0.729. The average molecular weight is 475 g/mol. The highest BCUT2D eigenvalue weighted by Crippen LogP contribution is 2.40. The molecule has 2 saturated carbocycles. The number of hydrogen-bond acceptors (Lipinski definition) is 3. The molecule has 2 aromatic carbocycles. The van der Waals surface area contributed by atoms with Crippen molar-refractivity contribution in [2.24, 2.45) is 5.92 Å². The van der Waals surface area contributed by atoms with Crippen LogP contribution in [0.3, 0.4) is 0 Å². The Morgan fingerprint density at radius 1 is 0.853 bits per heavy atom. The summed E-state index contributed by atoms with van der Waals surface area (Å²) in [4.78, 5) is 12.4. The van der Waals surface area contributed by atoms with Gasteiger partial charge in [0.25, 0.3) is 0 Å². The monoisotopic (exact) mass is 474 g/mol. The molecule has 4 rings (SSSR count). The summed E-state index contributed by atoms with van der Waals surface area (Å²) in [5.41, 5.74) is 0.785. The molecular weight excluding hydrogens is 441 g/mol. The Labute approximate surface area is 199 Å². The first-order valence-electron chi connectivity index (χ1n) is 12.5. The number of hydrogen-bond donors (Lipinski definition) is 0. The third-order valence-electron chi connectivity index (χ3n) is 7.46. The maximum atomic E-state index is 15.0. The van der Waals surface area contributed by atoms with E-state index in [-0.39, 0.29) is 23.5 Å². The van der Waals surface area contributed by atoms with Gasteiger partial charge in [-0.3, -0.25) is 0 Å². The van der Waals surface area contributed by atoms with Crippen LogP contribution in [-0.2, 0) is 4.74 Å². The van der Waals surface area contributed by atoms with E-state index in [1.54, 1.807) is 19.1 Å². The summed E-state index contributed by atoms with van der Waals surface area (Å²) in [6.45, 7) is 4.40. The van der Waals surface area contributed by atoms with Crippen LogP contribution in [-0.4, -0.2) is 18.7 Å². The van der Waals surface area contributed by atoms with Crippen LogP contribution in [0.1, 0.15) is 98.5 Å². The predicted molar refractivity (Wildman–Crippen MR) is 125 cm³/mol. The van der Waals surface area contributed by atoms with Gasteiger partial charge in [0, 0.05) is 6.07 Å². The van der Waals surface area contributed by atoms with Crippen molar-refractivity contribution < 1.29 is 27.4 Å². The highest BCUT2D eigenvalue weighted by Gasteiger charge is 2.30. The normalized spacial score (nSPS) is 25.1. The van der Waals surface area contributed by atoms with E-state index in [9.17, 15) is 13.6 Å². The molecule has 0 atom stereocenters. The van der Waals surface area contributed by atoms with Crippen molar-refractivity contribution in [3.63, 3.8) is 0 Å². The second-order valence-corrected chi connectivity index (χ2v) is 9.78. The number of carbonyl (C=O) groups is 1. The van der Waals surface area contributed by atoms with Gasteiger partial charge in [0.2, 0.25) is 0 Å². The molecule has 6 heteroatoms. The quantitative estimate of drug-likeness (QED) is 0.403. The van der Waals surface area contributed by atoms with Gasteiger partial charge >= 0.3 is 5.97 Å². The van der Waals surface area contributed by atoms with Crippen molar-refractivity contribution in [3.8, 4) is 5.75 Å². The molecule has 0 aliphatic heterocycles. The highest BCUT2D eigenvalue weighted by molar-refractivity contribution is 5.90. The van der Waals surface area contributed by atoms with Crippen LogP contribution >= 0.6 is 0 Å². The van der Waals surface area contributed by atoms with Gasteiger partial charge in [0.1, 0.15) is 17.7 Å². The summed E-state index contributed by atoms with van der Waals surface area (Å²) < 4.78 is 55.0. The molecule has 0 heterocycles. The molecule has 184 valence electrons. The number of esters is 1. The summed E-state index contributed by atoms with van der Waals surface area (Å²) in [5, 5.41) is 0. The Morgan fingerprint density at radius 2 is 1.41 bits per heavy atom. The maximum Gasteiger partial charge on any atom is 0.341 e. The van der Waals surface area contributed by atoms with E-state index in [1.165, 1.54) is 18.2 Å². The first-order valence-corrected chi connectivity index (χ1v) is 12.5. The molecule has 34 heavy (non-hydrogen) atoms. The molecule has 0 bridgehead atoms. The molecule has 0 saturated heterocycles. The van der Waals surface area contributed by atoms with Crippen molar-refractivity contribution in [1.82, 2.24) is 0 Å². The number of benzene rings is 2. The first-order chi connectivity index (χ1) is 16.4. The van der Waals surface area contributed by atoms with Crippen molar-refractivity contribution in [2.75, 3.05) is 6.61 Å². The minimum absolute atomic E-state index is 0.0953. The van der Waals surface area contributed by atoms with Gasteiger partial charge in [-0.25, -0.2) is 18.0 Å². The Kier molecular flexibility index (Phi) is 7.84. The van der Waals surface area contributed by atoms with Gasteiger partial charge in [-0.05, 0) is 86.5 Å². The zero-order valence-corrected chi connectivity index (χ0v) is 19.9. The average Bonchev–Trinajstić information content (AvgIpc) is 2.82. The van der Waals surface area contributed by atoms with E-state index in [0.717, 1.165) is 25.7 Å². The molecule has 0 radical (unpaired) electrons. The lowest BCUT2D eigenvalue weighted by Gasteiger charge is -2.30. The van der Waals surface area contributed by atoms with E-state index >= 15 is 4.39 Å². The number of ether oxygens (including phenoxy) is 2. The van der Waals surface area contributed by atoms with Crippen LogP contribution in [0.15, 0.2) is 30.3 Å². The lowest BCUT2D eigenvalue weighted by atomic mass is 9.77. The lowest BCUT2D eigenvalue weighted by Crippen LogP contribution is -2.25. The van der Waals surface area contributed by atoms with Gasteiger partial charge in [-0.15, -0.1) is 0 Å². The predicted octanol–water partition coefficient (Wildman–Crippen LogP) is 7.68. The van der Waals surface area contributed by atoms with Gasteiger partial charge < -0.3 is 9.47 Å². The van der Waals surface area contributed by atoms with Gasteiger partial charge in [-0.1, -0.05) is 31.9 Å². The topological polar surface area (TPSA) is 35.5 Å². The van der Waals surface area contributed by atoms with Crippen LogP contribution in [0.2, 0.25) is 0 Å². The Morgan fingerprint density at radius 3 is 1.94 bits per heavy atom. The second-order valence-electron chi connectivity index (χ2n) is 9.78. The molecule has 0 aromatic heterocycles. The second kappa shape index (κ2) is 10.8. The van der Waals surface area contributed by atoms with Crippen LogP contribution in [0.4, 0.5) is 13.2 Å². The SMILES string of the molecule is CCOc1ccc(C(=O)OC2CCC(c3ccc(C4CCC(C)CC4)c(F)c3F)CC2)c(F)c1. The molecule has 0 spiro atoms. The summed E-state index contributed by atoms with van der Waals surface area (Å²) in [6.07, 6.45) is 5.77. The molecule has 0 unspecified atom stereocenters. The van der Waals surface area contributed by atoms with Crippen molar-refractivity contribution in [2.45, 2.75) is 83.2 Å². The third-order valence-corrected chi connectivity index (χ3v) is 7.46. The van der Waals surface area contributed by atoms with Crippen molar-refractivity contribution in [1.29, 1.82) is 0 Å². The fourth-order valence-corrected chi connectivity index (χ4v) is 5.41. The van der Waals surface area contributed by atoms with Crippen LogP contribution in [0.5, 0.6) is 5.75 Å². The van der Waals surface area contributed by atoms with E-state index in [0.29, 0.717) is 55.1 Å². The third kappa shape index (κ3) is 5.42. The molecule has 0 amide bonds. The Hall–Kier alpha value is -2.50.